The van der Waals surface area contributed by atoms with Gasteiger partial charge in [0.1, 0.15) is 0 Å². The van der Waals surface area contributed by atoms with Crippen LogP contribution in [0.15, 0.2) is 22.1 Å². The average molecular weight is 568 g/mol. The van der Waals surface area contributed by atoms with Crippen LogP contribution in [0.25, 0.3) is 11.5 Å². The van der Waals surface area contributed by atoms with Crippen LogP contribution < -0.4 is 10.2 Å². The molecule has 0 saturated heterocycles. The van der Waals surface area contributed by atoms with E-state index in [-0.39, 0.29) is 57.1 Å². The number of amidine groups is 4. The summed E-state index contributed by atoms with van der Waals surface area (Å²) in [7, 11) is 5.20. The Labute approximate surface area is 219 Å². The third-order valence-corrected chi connectivity index (χ3v) is 2.75. The van der Waals surface area contributed by atoms with E-state index in [1.807, 2.05) is 39.8 Å². The number of aliphatic imine (C=N–C) groups is 2. The number of aromatic nitrogens is 4. The van der Waals surface area contributed by atoms with Crippen LogP contribution in [0.1, 0.15) is 22.8 Å². The number of hydrogen-bond acceptors (Lipinski definition) is 8. The van der Waals surface area contributed by atoms with E-state index in [1.165, 1.54) is 28.4 Å². The van der Waals surface area contributed by atoms with Crippen LogP contribution in [0.4, 0.5) is 0 Å². The van der Waals surface area contributed by atoms with Crippen LogP contribution in [0, 0.1) is 38.5 Å². The zero-order valence-corrected chi connectivity index (χ0v) is 22.1. The fourth-order valence-electron chi connectivity index (χ4n) is 1.40. The minimum Gasteiger partial charge on any atom is -0.579 e. The predicted octanol–water partition coefficient (Wildman–Crippen LogP) is 2.55. The van der Waals surface area contributed by atoms with Crippen molar-refractivity contribution in [1.29, 1.82) is 10.8 Å². The van der Waals surface area contributed by atoms with E-state index in [0.717, 1.165) is 22.8 Å². The molecule has 2 rings (SSSR count). The molecule has 0 unspecified atom stereocenters. The quantitative estimate of drug-likeness (QED) is 0.273. The van der Waals surface area contributed by atoms with Crippen molar-refractivity contribution in [2.24, 2.45) is 9.98 Å². The SMILES string of the molecule is COC(=N)/N=C(\[NH-])OC.COC(=N)/N=C(\[NH-])OC.Cc1cc(C)[n-]n1.Cc1cc(C)[n-]n1.[Ni+2].[Ni+2]. The van der Waals surface area contributed by atoms with Crippen LogP contribution in [0.2, 0.25) is 0 Å². The number of nitrogens with zero attached hydrogens (tertiary/aromatic N) is 6. The molecule has 16 heteroatoms. The van der Waals surface area contributed by atoms with Crippen molar-refractivity contribution in [3.63, 3.8) is 0 Å². The summed E-state index contributed by atoms with van der Waals surface area (Å²) in [5.74, 6) is 0. The zero-order valence-electron chi connectivity index (χ0n) is 20.1. The summed E-state index contributed by atoms with van der Waals surface area (Å²) >= 11 is 0. The molecule has 0 bridgehead atoms. The molecule has 0 saturated carbocycles. The van der Waals surface area contributed by atoms with Crippen LogP contribution in [0.3, 0.4) is 0 Å². The molecule has 0 atom stereocenters. The Morgan fingerprint density at radius 2 is 1.00 bits per heavy atom. The molecule has 4 N–H and O–H groups in total. The van der Waals surface area contributed by atoms with E-state index in [4.69, 9.17) is 22.3 Å². The molecule has 0 amide bonds. The van der Waals surface area contributed by atoms with Crippen LogP contribution in [0.5, 0.6) is 0 Å². The molecular weight excluding hydrogens is 538 g/mol. The van der Waals surface area contributed by atoms with Gasteiger partial charge in [0.15, 0.2) is 0 Å². The Morgan fingerprint density at radius 1 is 0.706 bits per heavy atom. The molecule has 196 valence electrons. The summed E-state index contributed by atoms with van der Waals surface area (Å²) in [6.07, 6.45) is 0. The van der Waals surface area contributed by atoms with E-state index in [2.05, 4.69) is 49.3 Å². The number of methoxy groups -OCH3 is 4. The molecule has 0 spiro atoms. The van der Waals surface area contributed by atoms with Crippen LogP contribution in [-0.2, 0) is 51.9 Å². The van der Waals surface area contributed by atoms with Gasteiger partial charge in [-0.2, -0.15) is 0 Å². The molecule has 0 aliphatic heterocycles. The molecule has 0 aromatic carbocycles. The average Bonchev–Trinajstić information content (AvgIpc) is 3.34. The van der Waals surface area contributed by atoms with Gasteiger partial charge in [-0.25, -0.2) is 0 Å². The van der Waals surface area contributed by atoms with E-state index in [0.29, 0.717) is 0 Å². The predicted molar refractivity (Wildman–Crippen MR) is 121 cm³/mol. The molecular formula is C18H30N10Ni2O4. The number of aryl methyl sites for hydroxylation is 4. The smallest absolute Gasteiger partial charge is 0.579 e. The first-order valence-electron chi connectivity index (χ1n) is 8.79. The van der Waals surface area contributed by atoms with Crippen molar-refractivity contribution in [3.05, 3.63) is 46.4 Å². The van der Waals surface area contributed by atoms with Crippen molar-refractivity contribution in [2.75, 3.05) is 28.4 Å². The molecule has 2 heterocycles. The molecule has 0 aliphatic rings. The topological polar surface area (TPSA) is 211 Å². The van der Waals surface area contributed by atoms with Crippen molar-refractivity contribution in [3.8, 4) is 0 Å². The van der Waals surface area contributed by atoms with E-state index >= 15 is 0 Å². The third-order valence-electron chi connectivity index (χ3n) is 2.75. The molecule has 2 aromatic rings. The first-order chi connectivity index (χ1) is 15.0. The third kappa shape index (κ3) is 23.5. The monoisotopic (exact) mass is 566 g/mol. The van der Waals surface area contributed by atoms with Gasteiger partial charge in [0.05, 0.1) is 40.5 Å². The Bertz CT molecular complexity index is 765. The number of nitrogens with one attached hydrogen (secondary N) is 4. The van der Waals surface area contributed by atoms with Crippen LogP contribution in [-0.4, -0.2) is 62.7 Å². The Hall–Kier alpha value is -3.11. The maximum atomic E-state index is 6.76. The maximum Gasteiger partial charge on any atom is 2.00 e. The van der Waals surface area contributed by atoms with E-state index in [9.17, 15) is 0 Å². The minimum atomic E-state index is -0.332. The van der Waals surface area contributed by atoms with Gasteiger partial charge in [0.25, 0.3) is 0 Å². The normalized spacial score (nSPS) is 9.53. The molecule has 2 aromatic heterocycles. The van der Waals surface area contributed by atoms with Gasteiger partial charge in [-0.15, -0.1) is 11.4 Å². The fourth-order valence-corrected chi connectivity index (χ4v) is 1.40. The maximum absolute atomic E-state index is 6.76. The van der Waals surface area contributed by atoms with Gasteiger partial charge < -0.3 is 60.8 Å². The van der Waals surface area contributed by atoms with E-state index in [1.54, 1.807) is 0 Å². The van der Waals surface area contributed by atoms with Gasteiger partial charge >= 0.3 is 33.0 Å². The van der Waals surface area contributed by atoms with E-state index < -0.39 is 0 Å². The molecule has 34 heavy (non-hydrogen) atoms. The first-order valence-corrected chi connectivity index (χ1v) is 8.79. The Balaban J connectivity index is -0.000000174. The van der Waals surface area contributed by atoms with Crippen molar-refractivity contribution in [1.82, 2.24) is 20.4 Å². The summed E-state index contributed by atoms with van der Waals surface area (Å²) in [4.78, 5) is 6.47. The second-order valence-electron chi connectivity index (χ2n) is 5.51. The van der Waals surface area contributed by atoms with Gasteiger partial charge in [0, 0.05) is 11.4 Å². The molecule has 0 aliphatic carbocycles. The number of ether oxygens (including phenoxy) is 4. The van der Waals surface area contributed by atoms with Gasteiger partial charge in [-0.1, -0.05) is 26.0 Å². The summed E-state index contributed by atoms with van der Waals surface area (Å²) < 4.78 is 17.3. The Morgan fingerprint density at radius 3 is 1.12 bits per heavy atom. The second kappa shape index (κ2) is 23.1. The fraction of sp³-hybridized carbons (Fsp3) is 0.444. The standard InChI is InChI=1S/2C5H7N2.2C4H8N3O2.2Ni/c2*1-4-3-5(2)7-6-4;2*1-8-3(5)7-4(6)9-2;;/h2*3H,1-2H3;2*1-2H3,(H2-,5,6,7);;/q4*-1;2*+2. The largest absolute Gasteiger partial charge is 2.00 e. The molecule has 0 fully saturated rings. The second-order valence-corrected chi connectivity index (χ2v) is 5.51. The van der Waals surface area contributed by atoms with Gasteiger partial charge in [0.2, 0.25) is 12.0 Å². The summed E-state index contributed by atoms with van der Waals surface area (Å²) in [5.41, 5.74) is 17.5. The minimum absolute atomic E-state index is 0. The summed E-state index contributed by atoms with van der Waals surface area (Å²) in [6.45, 7) is 7.72. The molecule has 14 nitrogen and oxygen atoms in total. The molecule has 0 radical (unpaired) electrons. The Kier molecular flexibility index (Phi) is 25.9. The van der Waals surface area contributed by atoms with Gasteiger partial charge in [-0.05, 0) is 13.8 Å². The number of hydrogen-bond donors (Lipinski definition) is 2. The number of rotatable bonds is 0. The summed E-state index contributed by atoms with van der Waals surface area (Å²) in [5, 5.41) is 28.6. The zero-order chi connectivity index (χ0) is 25.1. The van der Waals surface area contributed by atoms with Crippen molar-refractivity contribution < 1.29 is 51.9 Å². The first kappa shape index (κ1) is 38.2. The van der Waals surface area contributed by atoms with Crippen molar-refractivity contribution >= 4 is 24.1 Å². The van der Waals surface area contributed by atoms with Gasteiger partial charge in [-0.3, -0.25) is 10.8 Å². The summed E-state index contributed by atoms with van der Waals surface area (Å²) in [6, 6.07) is 2.56. The van der Waals surface area contributed by atoms with Crippen LogP contribution >= 0.6 is 0 Å². The van der Waals surface area contributed by atoms with Crippen molar-refractivity contribution in [2.45, 2.75) is 27.7 Å².